The van der Waals surface area contributed by atoms with E-state index in [0.29, 0.717) is 36.6 Å². The molecule has 242 valence electrons. The molecule has 0 spiro atoms. The van der Waals surface area contributed by atoms with Crippen LogP contribution >= 0.6 is 0 Å². The molecule has 6 rings (SSSR count). The third-order valence-electron chi connectivity index (χ3n) is 7.67. The van der Waals surface area contributed by atoms with Gasteiger partial charge < -0.3 is 14.0 Å². The molecule has 0 radical (unpaired) electrons. The van der Waals surface area contributed by atoms with Crippen LogP contribution in [0.4, 0.5) is 27.8 Å². The summed E-state index contributed by atoms with van der Waals surface area (Å²) in [6.45, 7) is 6.53. The van der Waals surface area contributed by atoms with Crippen LogP contribution in [0.3, 0.4) is 0 Å². The van der Waals surface area contributed by atoms with E-state index in [2.05, 4.69) is 26.6 Å². The molecular weight excluding hydrogens is 617 g/mol. The quantitative estimate of drug-likeness (QED) is 0.199. The number of carbonyl (C=O) groups is 1. The van der Waals surface area contributed by atoms with Crippen molar-refractivity contribution >= 4 is 22.8 Å². The Kier molecular flexibility index (Phi) is 8.52. The lowest BCUT2D eigenvalue weighted by Gasteiger charge is -2.34. The lowest BCUT2D eigenvalue weighted by molar-refractivity contribution is -0.144. The summed E-state index contributed by atoms with van der Waals surface area (Å²) in [5, 5.41) is 5.54. The van der Waals surface area contributed by atoms with Gasteiger partial charge in [0.15, 0.2) is 11.6 Å². The van der Waals surface area contributed by atoms with Crippen LogP contribution in [0, 0.1) is 5.82 Å². The summed E-state index contributed by atoms with van der Waals surface area (Å²) in [5.41, 5.74) is 1.38. The average Bonchev–Trinajstić information content (AvgIpc) is 3.61. The number of halogens is 5. The molecule has 4 aromatic heterocycles. The molecule has 1 atom stereocenters. The summed E-state index contributed by atoms with van der Waals surface area (Å²) in [6, 6.07) is 4.02. The number of aromatic nitrogens is 7. The van der Waals surface area contributed by atoms with E-state index in [1.54, 1.807) is 0 Å². The minimum Gasteiger partial charge on any atom is -0.471 e. The molecule has 2 fully saturated rings. The number of nitrogens with one attached hydrogen (secondary N) is 1. The van der Waals surface area contributed by atoms with Crippen molar-refractivity contribution in [3.05, 3.63) is 65.9 Å². The van der Waals surface area contributed by atoms with Crippen LogP contribution in [0.15, 0.2) is 48.5 Å². The highest BCUT2D eigenvalue weighted by molar-refractivity contribution is 5.94. The molecular formula is C29H28F5N9O3. The van der Waals surface area contributed by atoms with Crippen molar-refractivity contribution in [2.45, 2.75) is 38.7 Å². The summed E-state index contributed by atoms with van der Waals surface area (Å²) < 4.78 is 80.0. The maximum absolute atomic E-state index is 14.4. The van der Waals surface area contributed by atoms with E-state index in [1.807, 2.05) is 14.6 Å². The highest BCUT2D eigenvalue weighted by Crippen LogP contribution is 2.29. The molecule has 0 saturated carbocycles. The first-order valence-corrected chi connectivity index (χ1v) is 14.3. The molecule has 17 heteroatoms. The number of H-pyrrole nitrogens is 1. The number of amides is 1. The van der Waals surface area contributed by atoms with Crippen molar-refractivity contribution in [1.82, 2.24) is 39.6 Å². The van der Waals surface area contributed by atoms with Gasteiger partial charge in [-0.05, 0) is 31.5 Å². The van der Waals surface area contributed by atoms with Crippen LogP contribution in [0.1, 0.15) is 25.0 Å². The number of hydrogen-bond donors (Lipinski definition) is 1. The molecule has 6 heterocycles. The molecule has 0 unspecified atom stereocenters. The number of hydrogen-bond acceptors (Lipinski definition) is 9. The fraction of sp³-hybridized carbons (Fsp3) is 0.379. The number of carbonyl (C=O) groups excluding carboxylic acids is 1. The van der Waals surface area contributed by atoms with Crippen LogP contribution in [0.5, 0.6) is 5.88 Å². The number of aromatic amines is 1. The van der Waals surface area contributed by atoms with Gasteiger partial charge in [0, 0.05) is 25.3 Å². The monoisotopic (exact) mass is 645 g/mol. The summed E-state index contributed by atoms with van der Waals surface area (Å²) in [5.74, 6) is -2.57. The Morgan fingerprint density at radius 2 is 2.04 bits per heavy atom. The molecule has 46 heavy (non-hydrogen) atoms. The van der Waals surface area contributed by atoms with Crippen molar-refractivity contribution in [3.8, 4) is 17.4 Å². The van der Waals surface area contributed by atoms with Gasteiger partial charge in [0.1, 0.15) is 29.8 Å². The number of alkyl halides is 3. The van der Waals surface area contributed by atoms with Crippen molar-refractivity contribution in [1.29, 1.82) is 0 Å². The molecule has 2 aliphatic heterocycles. The normalized spacial score (nSPS) is 18.1. The Morgan fingerprint density at radius 3 is 2.70 bits per heavy atom. The van der Waals surface area contributed by atoms with Crippen molar-refractivity contribution < 1.29 is 36.2 Å². The first kappa shape index (κ1) is 31.2. The number of pyridine rings is 2. The Morgan fingerprint density at radius 1 is 1.24 bits per heavy atom. The number of ether oxygens (including phenoxy) is 2. The number of anilines is 1. The molecule has 2 saturated heterocycles. The second-order valence-electron chi connectivity index (χ2n) is 10.7. The number of rotatable bonds is 10. The van der Waals surface area contributed by atoms with E-state index in [4.69, 9.17) is 14.5 Å². The van der Waals surface area contributed by atoms with Crippen LogP contribution < -0.4 is 9.64 Å². The predicted molar refractivity (Wildman–Crippen MR) is 154 cm³/mol. The average molecular weight is 646 g/mol. The number of fused-ring (bicyclic) bond motifs is 1. The van der Waals surface area contributed by atoms with Crippen molar-refractivity contribution in [2.24, 2.45) is 0 Å². The zero-order chi connectivity index (χ0) is 32.6. The summed E-state index contributed by atoms with van der Waals surface area (Å²) in [6.07, 6.45) is -1.08. The summed E-state index contributed by atoms with van der Waals surface area (Å²) in [7, 11) is 0. The highest BCUT2D eigenvalue weighted by atomic mass is 19.4. The molecule has 2 aliphatic rings. The van der Waals surface area contributed by atoms with Gasteiger partial charge in [0.2, 0.25) is 11.7 Å². The third-order valence-corrected chi connectivity index (χ3v) is 7.67. The zero-order valence-electron chi connectivity index (χ0n) is 24.5. The number of nitrogens with zero attached hydrogens (tertiary/aromatic N) is 8. The molecule has 12 nitrogen and oxygen atoms in total. The number of piperazine rings is 1. The van der Waals surface area contributed by atoms with Gasteiger partial charge in [0.25, 0.3) is 5.88 Å². The van der Waals surface area contributed by atoms with E-state index in [0.717, 1.165) is 12.5 Å². The van der Waals surface area contributed by atoms with Crippen molar-refractivity contribution in [2.75, 3.05) is 37.7 Å². The second kappa shape index (κ2) is 12.6. The molecule has 1 N–H and O–H groups in total. The van der Waals surface area contributed by atoms with Crippen LogP contribution in [-0.4, -0.2) is 84.5 Å². The van der Waals surface area contributed by atoms with Gasteiger partial charge in [-0.25, -0.2) is 18.7 Å². The fourth-order valence-corrected chi connectivity index (χ4v) is 5.06. The lowest BCUT2D eigenvalue weighted by Crippen LogP contribution is -2.50. The molecule has 0 aromatic carbocycles. The van der Waals surface area contributed by atoms with Gasteiger partial charge in [-0.1, -0.05) is 12.7 Å². The van der Waals surface area contributed by atoms with E-state index in [-0.39, 0.29) is 67.0 Å². The Hall–Kier alpha value is -4.77. The van der Waals surface area contributed by atoms with Crippen LogP contribution in [-0.2, 0) is 28.8 Å². The highest BCUT2D eigenvalue weighted by Gasteiger charge is 2.36. The van der Waals surface area contributed by atoms with Gasteiger partial charge in [-0.2, -0.15) is 23.3 Å². The van der Waals surface area contributed by atoms with E-state index < -0.39 is 23.6 Å². The lowest BCUT2D eigenvalue weighted by atomic mass is 10.2. The second-order valence-corrected chi connectivity index (χ2v) is 10.7. The van der Waals surface area contributed by atoms with Gasteiger partial charge in [0.05, 0.1) is 43.0 Å². The summed E-state index contributed by atoms with van der Waals surface area (Å²) in [4.78, 5) is 33.3. The SMILES string of the molecule is C=C/C(COc1nc(N2CCN(Cc3nc4cc(-c5n[nH]c(C(F)(F)F)n5)ncc4n3C[C@@H]3CCO3)CC2=O)ccc1F)=C(\C)F. The van der Waals surface area contributed by atoms with Gasteiger partial charge in [-0.15, -0.1) is 0 Å². The largest absolute Gasteiger partial charge is 0.471 e. The minimum atomic E-state index is -4.68. The van der Waals surface area contributed by atoms with Crippen molar-refractivity contribution in [3.63, 3.8) is 0 Å². The Bertz CT molecular complexity index is 1810. The molecule has 4 aromatic rings. The van der Waals surface area contributed by atoms with Gasteiger partial charge in [-0.3, -0.25) is 24.7 Å². The predicted octanol–water partition coefficient (Wildman–Crippen LogP) is 4.22. The van der Waals surface area contributed by atoms with Gasteiger partial charge >= 0.3 is 6.18 Å². The number of imidazole rings is 1. The molecule has 0 aliphatic carbocycles. The maximum atomic E-state index is 14.4. The Balaban J connectivity index is 1.19. The van der Waals surface area contributed by atoms with E-state index >= 15 is 0 Å². The molecule has 1 amide bonds. The number of allylic oxidation sites excluding steroid dienone is 1. The van der Waals surface area contributed by atoms with Crippen LogP contribution in [0.2, 0.25) is 0 Å². The smallest absolute Gasteiger partial charge is 0.451 e. The fourth-order valence-electron chi connectivity index (χ4n) is 5.06. The maximum Gasteiger partial charge on any atom is 0.451 e. The third kappa shape index (κ3) is 6.46. The molecule has 0 bridgehead atoms. The van der Waals surface area contributed by atoms with E-state index in [1.165, 1.54) is 36.2 Å². The Labute approximate surface area is 258 Å². The van der Waals surface area contributed by atoms with Crippen LogP contribution in [0.25, 0.3) is 22.6 Å². The van der Waals surface area contributed by atoms with E-state index in [9.17, 15) is 26.7 Å². The standard InChI is InChI=1S/C29H28F5N9O3/c1-3-17(16(2)30)15-46-27-19(31)4-5-23(37-27)42-8-7-41(14-25(42)44)13-24-36-20-10-21(26-38-28(40-39-26)29(32,33)34)35-11-22(20)43(24)12-18-6-9-45-18/h3-5,10-11,18H,1,6-9,12-15H2,2H3,(H,38,39,40)/b17-16-/t18-/m0/s1. The first-order chi connectivity index (χ1) is 22.0. The minimum absolute atomic E-state index is 0.00366. The first-order valence-electron chi connectivity index (χ1n) is 14.3. The summed E-state index contributed by atoms with van der Waals surface area (Å²) >= 11 is 0. The zero-order valence-corrected chi connectivity index (χ0v) is 24.5. The topological polar surface area (TPSA) is 127 Å².